The Hall–Kier alpha value is -1.72. The van der Waals surface area contributed by atoms with Crippen LogP contribution in [0.1, 0.15) is 5.69 Å². The minimum Gasteiger partial charge on any atom is -0.399 e. The van der Waals surface area contributed by atoms with Gasteiger partial charge in [0.05, 0.1) is 10.6 Å². The molecule has 0 saturated heterocycles. The van der Waals surface area contributed by atoms with Gasteiger partial charge in [-0.05, 0) is 29.6 Å². The Labute approximate surface area is 119 Å². The normalized spacial score (nSPS) is 10.7. The van der Waals surface area contributed by atoms with Gasteiger partial charge in [-0.3, -0.25) is 0 Å². The van der Waals surface area contributed by atoms with Gasteiger partial charge in [0.15, 0.2) is 5.76 Å². The number of hydrogen-bond acceptors (Lipinski definition) is 5. The van der Waals surface area contributed by atoms with Gasteiger partial charge in [-0.2, -0.15) is 0 Å². The molecule has 3 nitrogen and oxygen atoms in total. The van der Waals surface area contributed by atoms with Crippen molar-refractivity contribution in [2.45, 2.75) is 10.6 Å². The summed E-state index contributed by atoms with van der Waals surface area (Å²) in [5.74, 6) is 1.61. The maximum absolute atomic E-state index is 5.75. The van der Waals surface area contributed by atoms with Crippen molar-refractivity contribution in [2.24, 2.45) is 0 Å². The predicted molar refractivity (Wildman–Crippen MR) is 80.2 cm³/mol. The Bertz CT molecular complexity index is 662. The molecule has 0 unspecified atom stereocenters. The van der Waals surface area contributed by atoms with Crippen LogP contribution in [0.15, 0.2) is 57.3 Å². The van der Waals surface area contributed by atoms with Crippen molar-refractivity contribution in [1.82, 2.24) is 5.16 Å². The van der Waals surface area contributed by atoms with Gasteiger partial charge in [0, 0.05) is 22.4 Å². The lowest BCUT2D eigenvalue weighted by atomic mass is 10.3. The van der Waals surface area contributed by atoms with E-state index < -0.39 is 0 Å². The first kappa shape index (κ1) is 12.3. The van der Waals surface area contributed by atoms with Gasteiger partial charge in [0.25, 0.3) is 0 Å². The summed E-state index contributed by atoms with van der Waals surface area (Å²) in [4.78, 5) is 2.24. The molecule has 0 fully saturated rings. The Morgan fingerprint density at radius 3 is 2.95 bits per heavy atom. The molecule has 2 aromatic heterocycles. The Morgan fingerprint density at radius 1 is 1.21 bits per heavy atom. The quantitative estimate of drug-likeness (QED) is 0.575. The molecule has 3 aromatic rings. The van der Waals surface area contributed by atoms with Gasteiger partial charge in [-0.15, -0.1) is 23.1 Å². The molecule has 0 atom stereocenters. The molecular formula is C14H12N2OS2. The fraction of sp³-hybridized carbons (Fsp3) is 0.0714. The number of nitrogens with two attached hydrogens (primary N) is 1. The van der Waals surface area contributed by atoms with Crippen molar-refractivity contribution in [1.29, 1.82) is 0 Å². The third-order valence-electron chi connectivity index (χ3n) is 2.57. The Kier molecular flexibility index (Phi) is 3.57. The minimum absolute atomic E-state index is 0.776. The molecule has 3 rings (SSSR count). The average Bonchev–Trinajstić information content (AvgIpc) is 3.07. The molecule has 0 spiro atoms. The van der Waals surface area contributed by atoms with Gasteiger partial charge in [0.2, 0.25) is 0 Å². The van der Waals surface area contributed by atoms with Crippen molar-refractivity contribution in [3.05, 3.63) is 53.5 Å². The van der Waals surface area contributed by atoms with E-state index in [0.717, 1.165) is 32.7 Å². The summed E-state index contributed by atoms with van der Waals surface area (Å²) in [6.45, 7) is 0. The summed E-state index contributed by atoms with van der Waals surface area (Å²) < 4.78 is 5.34. The number of thiophene rings is 1. The molecular weight excluding hydrogens is 276 g/mol. The van der Waals surface area contributed by atoms with Gasteiger partial charge < -0.3 is 10.3 Å². The number of anilines is 1. The molecule has 0 radical (unpaired) electrons. The fourth-order valence-electron chi connectivity index (χ4n) is 1.68. The SMILES string of the molecule is Nc1cccc(SCc2cc(-c3cccs3)on2)c1. The minimum atomic E-state index is 0.776. The molecule has 0 aliphatic carbocycles. The second kappa shape index (κ2) is 5.50. The van der Waals surface area contributed by atoms with E-state index in [4.69, 9.17) is 10.3 Å². The van der Waals surface area contributed by atoms with Crippen LogP contribution in [0.3, 0.4) is 0 Å². The van der Waals surface area contributed by atoms with Crippen LogP contribution < -0.4 is 5.73 Å². The maximum Gasteiger partial charge on any atom is 0.177 e. The zero-order valence-electron chi connectivity index (χ0n) is 10.1. The smallest absolute Gasteiger partial charge is 0.177 e. The predicted octanol–water partition coefficient (Wildman–Crippen LogP) is 4.28. The highest BCUT2D eigenvalue weighted by molar-refractivity contribution is 7.98. The van der Waals surface area contributed by atoms with Crippen LogP contribution >= 0.6 is 23.1 Å². The van der Waals surface area contributed by atoms with E-state index in [1.165, 1.54) is 0 Å². The first-order valence-corrected chi connectivity index (χ1v) is 7.65. The number of hydrogen-bond donors (Lipinski definition) is 1. The van der Waals surface area contributed by atoms with Gasteiger partial charge in [0.1, 0.15) is 0 Å². The molecule has 0 aliphatic heterocycles. The number of nitrogen functional groups attached to an aromatic ring is 1. The van der Waals surface area contributed by atoms with E-state index in [0.29, 0.717) is 0 Å². The third kappa shape index (κ3) is 3.00. The average molecular weight is 288 g/mol. The Morgan fingerprint density at radius 2 is 2.16 bits per heavy atom. The first-order chi connectivity index (χ1) is 9.31. The molecule has 5 heteroatoms. The van der Waals surface area contributed by atoms with Crippen LogP contribution in [0, 0.1) is 0 Å². The number of nitrogens with zero attached hydrogens (tertiary/aromatic N) is 1. The van der Waals surface area contributed by atoms with Crippen molar-refractivity contribution >= 4 is 28.8 Å². The third-order valence-corrected chi connectivity index (χ3v) is 4.48. The van der Waals surface area contributed by atoms with E-state index in [9.17, 15) is 0 Å². The lowest BCUT2D eigenvalue weighted by molar-refractivity contribution is 0.427. The summed E-state index contributed by atoms with van der Waals surface area (Å²) in [6.07, 6.45) is 0. The van der Waals surface area contributed by atoms with Crippen LogP contribution in [-0.4, -0.2) is 5.16 Å². The van der Waals surface area contributed by atoms with Crippen molar-refractivity contribution in [2.75, 3.05) is 5.73 Å². The second-order valence-electron chi connectivity index (χ2n) is 4.02. The standard InChI is InChI=1S/C14H12N2OS2/c15-10-3-1-4-12(7-10)19-9-11-8-13(17-16-11)14-5-2-6-18-14/h1-8H,9,15H2. The molecule has 0 bridgehead atoms. The van der Waals surface area contributed by atoms with E-state index in [-0.39, 0.29) is 0 Å². The summed E-state index contributed by atoms with van der Waals surface area (Å²) >= 11 is 3.35. The monoisotopic (exact) mass is 288 g/mol. The summed E-state index contributed by atoms with van der Waals surface area (Å²) in [6, 6.07) is 13.9. The second-order valence-corrected chi connectivity index (χ2v) is 6.02. The molecule has 0 aliphatic rings. The largest absolute Gasteiger partial charge is 0.399 e. The highest BCUT2D eigenvalue weighted by Crippen LogP contribution is 2.28. The van der Waals surface area contributed by atoms with Crippen molar-refractivity contribution < 1.29 is 4.52 Å². The van der Waals surface area contributed by atoms with Gasteiger partial charge >= 0.3 is 0 Å². The molecule has 0 saturated carbocycles. The molecule has 1 aromatic carbocycles. The molecule has 2 heterocycles. The fourth-order valence-corrected chi connectivity index (χ4v) is 3.19. The van der Waals surface area contributed by atoms with Crippen LogP contribution in [0.4, 0.5) is 5.69 Å². The zero-order chi connectivity index (χ0) is 13.1. The number of aromatic nitrogens is 1. The number of rotatable bonds is 4. The summed E-state index contributed by atoms with van der Waals surface area (Å²) in [5, 5.41) is 6.12. The van der Waals surface area contributed by atoms with Crippen LogP contribution in [-0.2, 0) is 5.75 Å². The molecule has 19 heavy (non-hydrogen) atoms. The van der Waals surface area contributed by atoms with Crippen LogP contribution in [0.5, 0.6) is 0 Å². The molecule has 0 amide bonds. The molecule has 2 N–H and O–H groups in total. The van der Waals surface area contributed by atoms with Crippen LogP contribution in [0.2, 0.25) is 0 Å². The van der Waals surface area contributed by atoms with E-state index in [1.54, 1.807) is 23.1 Å². The topological polar surface area (TPSA) is 52.0 Å². The summed E-state index contributed by atoms with van der Waals surface area (Å²) in [7, 11) is 0. The Balaban J connectivity index is 1.68. The van der Waals surface area contributed by atoms with E-state index in [1.807, 2.05) is 47.8 Å². The first-order valence-electron chi connectivity index (χ1n) is 5.79. The van der Waals surface area contributed by atoms with Crippen molar-refractivity contribution in [3.8, 4) is 10.6 Å². The molecule has 96 valence electrons. The highest BCUT2D eigenvalue weighted by atomic mass is 32.2. The van der Waals surface area contributed by atoms with E-state index in [2.05, 4.69) is 5.16 Å². The number of benzene rings is 1. The summed E-state index contributed by atoms with van der Waals surface area (Å²) in [5.41, 5.74) is 7.47. The van der Waals surface area contributed by atoms with E-state index >= 15 is 0 Å². The highest BCUT2D eigenvalue weighted by Gasteiger charge is 2.07. The lowest BCUT2D eigenvalue weighted by Gasteiger charge is -1.99. The maximum atomic E-state index is 5.75. The van der Waals surface area contributed by atoms with Gasteiger partial charge in [-0.25, -0.2) is 0 Å². The number of thioether (sulfide) groups is 1. The van der Waals surface area contributed by atoms with Crippen LogP contribution in [0.25, 0.3) is 10.6 Å². The lowest BCUT2D eigenvalue weighted by Crippen LogP contribution is -1.84. The van der Waals surface area contributed by atoms with Gasteiger partial charge in [-0.1, -0.05) is 17.3 Å². The van der Waals surface area contributed by atoms with Crippen molar-refractivity contribution in [3.63, 3.8) is 0 Å². The zero-order valence-corrected chi connectivity index (χ0v) is 11.7.